The molecule has 2 rings (SSSR count). The molecule has 2 aromatic rings. The number of carbonyl (C=O) groups is 1. The van der Waals surface area contributed by atoms with Crippen molar-refractivity contribution in [3.63, 3.8) is 0 Å². The molecule has 7 heteroatoms. The molecule has 0 fully saturated rings. The summed E-state index contributed by atoms with van der Waals surface area (Å²) in [6.07, 6.45) is 2.11. The van der Waals surface area contributed by atoms with Gasteiger partial charge in [0, 0.05) is 18.7 Å². The van der Waals surface area contributed by atoms with Crippen LogP contribution in [0, 0.1) is 25.2 Å². The van der Waals surface area contributed by atoms with Crippen molar-refractivity contribution in [3.8, 4) is 6.07 Å². The smallest absolute Gasteiger partial charge is 0.232 e. The van der Waals surface area contributed by atoms with E-state index in [1.165, 1.54) is 10.6 Å². The van der Waals surface area contributed by atoms with Gasteiger partial charge in [-0.1, -0.05) is 24.3 Å². The normalized spacial score (nSPS) is 10.9. The number of aryl methyl sites for hydroxylation is 2. The highest BCUT2D eigenvalue weighted by Crippen LogP contribution is 2.24. The largest absolute Gasteiger partial charge is 0.326 e. The molecule has 1 N–H and O–H groups in total. The Morgan fingerprint density at radius 2 is 1.82 bits per heavy atom. The van der Waals surface area contributed by atoms with E-state index in [0.29, 0.717) is 24.2 Å². The Hall–Kier alpha value is -2.85. The summed E-state index contributed by atoms with van der Waals surface area (Å²) < 4.78 is 25.9. The van der Waals surface area contributed by atoms with Crippen molar-refractivity contribution >= 4 is 27.3 Å². The highest BCUT2D eigenvalue weighted by Gasteiger charge is 2.19. The van der Waals surface area contributed by atoms with Crippen LogP contribution < -0.4 is 9.62 Å². The van der Waals surface area contributed by atoms with Gasteiger partial charge < -0.3 is 5.32 Å². The number of amides is 1. The van der Waals surface area contributed by atoms with Crippen molar-refractivity contribution in [3.05, 3.63) is 59.2 Å². The third-order valence-corrected chi connectivity index (χ3v) is 5.50. The number of carbonyl (C=O) groups excluding carboxylic acids is 1. The molecule has 6 nitrogen and oxygen atoms in total. The summed E-state index contributed by atoms with van der Waals surface area (Å²) in [5.41, 5.74) is 4.04. The molecule has 0 atom stereocenters. The predicted molar refractivity (Wildman–Crippen MR) is 112 cm³/mol. The van der Waals surface area contributed by atoms with E-state index < -0.39 is 10.0 Å². The summed E-state index contributed by atoms with van der Waals surface area (Å²) in [4.78, 5) is 12.2. The van der Waals surface area contributed by atoms with E-state index in [2.05, 4.69) is 11.4 Å². The van der Waals surface area contributed by atoms with Crippen LogP contribution in [0.2, 0.25) is 0 Å². The monoisotopic (exact) mass is 399 g/mol. The lowest BCUT2D eigenvalue weighted by Crippen LogP contribution is -2.32. The second-order valence-electron chi connectivity index (χ2n) is 6.81. The average molecular weight is 400 g/mol. The van der Waals surface area contributed by atoms with E-state index >= 15 is 0 Å². The molecular weight excluding hydrogens is 374 g/mol. The van der Waals surface area contributed by atoms with Gasteiger partial charge in [0.25, 0.3) is 0 Å². The van der Waals surface area contributed by atoms with Crippen molar-refractivity contribution in [2.45, 2.75) is 33.1 Å². The molecular formula is C21H25N3O3S. The van der Waals surface area contributed by atoms with Crippen LogP contribution in [0.25, 0.3) is 0 Å². The second-order valence-corrected chi connectivity index (χ2v) is 8.72. The maximum absolute atomic E-state index is 12.2. The van der Waals surface area contributed by atoms with Crippen LogP contribution in [-0.2, 0) is 21.2 Å². The summed E-state index contributed by atoms with van der Waals surface area (Å²) in [6.45, 7) is 4.02. The first-order valence-electron chi connectivity index (χ1n) is 9.01. The summed E-state index contributed by atoms with van der Waals surface area (Å²) in [6, 6.07) is 14.9. The van der Waals surface area contributed by atoms with Crippen molar-refractivity contribution < 1.29 is 13.2 Å². The van der Waals surface area contributed by atoms with E-state index in [0.717, 1.165) is 16.7 Å². The fourth-order valence-electron chi connectivity index (χ4n) is 2.86. The topological polar surface area (TPSA) is 90.3 Å². The fraction of sp³-hybridized carbons (Fsp3) is 0.333. The number of nitriles is 1. The Labute approximate surface area is 166 Å². The molecule has 28 heavy (non-hydrogen) atoms. The number of nitrogens with one attached hydrogen (secondary N) is 1. The lowest BCUT2D eigenvalue weighted by Gasteiger charge is -2.24. The first-order valence-corrected chi connectivity index (χ1v) is 10.9. The number of nitrogens with zero attached hydrogens (tertiary/aromatic N) is 2. The number of hydrogen-bond acceptors (Lipinski definition) is 4. The zero-order valence-corrected chi connectivity index (χ0v) is 17.2. The van der Waals surface area contributed by atoms with Gasteiger partial charge in [0.2, 0.25) is 15.9 Å². The third kappa shape index (κ3) is 6.10. The Morgan fingerprint density at radius 3 is 2.43 bits per heavy atom. The molecule has 1 amide bonds. The molecule has 0 aliphatic rings. The average Bonchev–Trinajstić information content (AvgIpc) is 2.62. The minimum absolute atomic E-state index is 0.178. The van der Waals surface area contributed by atoms with Gasteiger partial charge in [-0.3, -0.25) is 9.10 Å². The van der Waals surface area contributed by atoms with Gasteiger partial charge in [-0.25, -0.2) is 8.42 Å². The van der Waals surface area contributed by atoms with Crippen molar-refractivity contribution in [2.75, 3.05) is 22.4 Å². The Bertz CT molecular complexity index is 977. The van der Waals surface area contributed by atoms with E-state index in [-0.39, 0.29) is 18.9 Å². The van der Waals surface area contributed by atoms with Crippen LogP contribution in [-0.4, -0.2) is 27.1 Å². The molecule has 0 heterocycles. The Balaban J connectivity index is 1.97. The van der Waals surface area contributed by atoms with Crippen LogP contribution in [0.4, 0.5) is 11.4 Å². The van der Waals surface area contributed by atoms with Gasteiger partial charge in [-0.05, 0) is 55.2 Å². The quantitative estimate of drug-likeness (QED) is 0.735. The standard InChI is InChI=1S/C21H25N3O3S/c1-16-6-7-17(2)20(15-16)24(28(3,26)27)14-4-5-21(25)23-19-10-8-18(9-11-19)12-13-22/h6-11,15H,4-5,12,14H2,1-3H3,(H,23,25). The molecule has 0 spiro atoms. The maximum atomic E-state index is 12.2. The van der Waals surface area contributed by atoms with Crippen LogP contribution in [0.3, 0.4) is 0 Å². The Morgan fingerprint density at radius 1 is 1.14 bits per heavy atom. The van der Waals surface area contributed by atoms with Gasteiger partial charge >= 0.3 is 0 Å². The third-order valence-electron chi connectivity index (χ3n) is 4.32. The number of rotatable bonds is 8. The van der Waals surface area contributed by atoms with E-state index in [1.807, 2.05) is 32.0 Å². The van der Waals surface area contributed by atoms with Crippen LogP contribution in [0.5, 0.6) is 0 Å². The minimum atomic E-state index is -3.45. The van der Waals surface area contributed by atoms with Crippen molar-refractivity contribution in [1.29, 1.82) is 5.26 Å². The van der Waals surface area contributed by atoms with Crippen LogP contribution >= 0.6 is 0 Å². The number of anilines is 2. The van der Waals surface area contributed by atoms with E-state index in [1.54, 1.807) is 24.3 Å². The summed E-state index contributed by atoms with van der Waals surface area (Å²) in [5.74, 6) is -0.178. The number of hydrogen-bond donors (Lipinski definition) is 1. The number of sulfonamides is 1. The SMILES string of the molecule is Cc1ccc(C)c(N(CCCC(=O)Nc2ccc(CC#N)cc2)S(C)(=O)=O)c1. The lowest BCUT2D eigenvalue weighted by molar-refractivity contribution is -0.116. The highest BCUT2D eigenvalue weighted by atomic mass is 32.2. The zero-order chi connectivity index (χ0) is 20.7. The fourth-order valence-corrected chi connectivity index (χ4v) is 3.87. The first-order chi connectivity index (χ1) is 13.2. The van der Waals surface area contributed by atoms with Gasteiger partial charge in [0.05, 0.1) is 24.4 Å². The molecule has 2 aromatic carbocycles. The van der Waals surface area contributed by atoms with Crippen LogP contribution in [0.1, 0.15) is 29.5 Å². The van der Waals surface area contributed by atoms with Gasteiger partial charge in [0.1, 0.15) is 0 Å². The first kappa shape index (κ1) is 21.5. The molecule has 0 aromatic heterocycles. The summed E-state index contributed by atoms with van der Waals surface area (Å²) >= 11 is 0. The van der Waals surface area contributed by atoms with Crippen LogP contribution in [0.15, 0.2) is 42.5 Å². The van der Waals surface area contributed by atoms with Gasteiger partial charge in [-0.2, -0.15) is 5.26 Å². The molecule has 0 aliphatic carbocycles. The Kier molecular flexibility index (Phi) is 7.18. The molecule has 0 aliphatic heterocycles. The molecule has 0 saturated carbocycles. The van der Waals surface area contributed by atoms with Gasteiger partial charge in [-0.15, -0.1) is 0 Å². The van der Waals surface area contributed by atoms with Crippen molar-refractivity contribution in [2.24, 2.45) is 0 Å². The molecule has 0 radical (unpaired) electrons. The van der Waals surface area contributed by atoms with Gasteiger partial charge in [0.15, 0.2) is 0 Å². The van der Waals surface area contributed by atoms with E-state index in [4.69, 9.17) is 5.26 Å². The highest BCUT2D eigenvalue weighted by molar-refractivity contribution is 7.92. The predicted octanol–water partition coefficient (Wildman–Crippen LogP) is 3.55. The summed E-state index contributed by atoms with van der Waals surface area (Å²) in [7, 11) is -3.45. The molecule has 148 valence electrons. The van der Waals surface area contributed by atoms with Crippen molar-refractivity contribution in [1.82, 2.24) is 0 Å². The maximum Gasteiger partial charge on any atom is 0.232 e. The zero-order valence-electron chi connectivity index (χ0n) is 16.4. The molecule has 0 unspecified atom stereocenters. The van der Waals surface area contributed by atoms with E-state index in [9.17, 15) is 13.2 Å². The molecule has 0 saturated heterocycles. The molecule has 0 bridgehead atoms. The minimum Gasteiger partial charge on any atom is -0.326 e. The summed E-state index contributed by atoms with van der Waals surface area (Å²) in [5, 5.41) is 11.5. The second kappa shape index (κ2) is 9.38. The number of benzene rings is 2. The lowest BCUT2D eigenvalue weighted by atomic mass is 10.1.